The van der Waals surface area contributed by atoms with E-state index in [1.54, 1.807) is 0 Å². The first-order valence-corrected chi connectivity index (χ1v) is 4.65. The van der Waals surface area contributed by atoms with E-state index >= 15 is 0 Å². The summed E-state index contributed by atoms with van der Waals surface area (Å²) in [5, 5.41) is 3.22. The number of hydrogen-bond acceptors (Lipinski definition) is 1. The standard InChI is InChI=1S/C11H14FN/c1-13-11(7-10(12)8-11)9-5-3-2-4-6-9/h2-6,10,13H,7-8H2,1H3. The van der Waals surface area contributed by atoms with Gasteiger partial charge in [0.2, 0.25) is 0 Å². The quantitative estimate of drug-likeness (QED) is 0.734. The van der Waals surface area contributed by atoms with Crippen LogP contribution in [0.5, 0.6) is 0 Å². The maximum absolute atomic E-state index is 12.8. The molecule has 0 spiro atoms. The average molecular weight is 179 g/mol. The summed E-state index contributed by atoms with van der Waals surface area (Å²) in [4.78, 5) is 0. The highest BCUT2D eigenvalue weighted by molar-refractivity contribution is 5.28. The molecule has 13 heavy (non-hydrogen) atoms. The van der Waals surface area contributed by atoms with Crippen LogP contribution in [0.4, 0.5) is 4.39 Å². The molecule has 1 nitrogen and oxygen atoms in total. The Morgan fingerprint density at radius 1 is 1.31 bits per heavy atom. The van der Waals surface area contributed by atoms with E-state index in [0.29, 0.717) is 12.8 Å². The molecule has 0 radical (unpaired) electrons. The Balaban J connectivity index is 2.24. The van der Waals surface area contributed by atoms with Crippen molar-refractivity contribution in [1.82, 2.24) is 5.32 Å². The maximum atomic E-state index is 12.8. The van der Waals surface area contributed by atoms with Crippen LogP contribution in [-0.4, -0.2) is 13.2 Å². The van der Waals surface area contributed by atoms with Gasteiger partial charge in [-0.25, -0.2) is 4.39 Å². The Hall–Kier alpha value is -0.890. The molecule has 0 heterocycles. The first kappa shape index (κ1) is 8.70. The average Bonchev–Trinajstić information content (AvgIpc) is 2.14. The Labute approximate surface area is 78.0 Å². The third-order valence-electron chi connectivity index (χ3n) is 2.94. The van der Waals surface area contributed by atoms with E-state index in [-0.39, 0.29) is 5.54 Å². The zero-order chi connectivity index (χ0) is 9.31. The highest BCUT2D eigenvalue weighted by Crippen LogP contribution is 2.42. The lowest BCUT2D eigenvalue weighted by Gasteiger charge is -2.44. The van der Waals surface area contributed by atoms with E-state index in [1.807, 2.05) is 25.2 Å². The van der Waals surface area contributed by atoms with Gasteiger partial charge in [-0.15, -0.1) is 0 Å². The van der Waals surface area contributed by atoms with Crippen molar-refractivity contribution in [1.29, 1.82) is 0 Å². The third-order valence-corrected chi connectivity index (χ3v) is 2.94. The summed E-state index contributed by atoms with van der Waals surface area (Å²) in [7, 11) is 1.90. The van der Waals surface area contributed by atoms with Crippen molar-refractivity contribution in [3.05, 3.63) is 35.9 Å². The molecule has 1 N–H and O–H groups in total. The second-order valence-corrected chi connectivity index (χ2v) is 3.70. The molecule has 70 valence electrons. The number of rotatable bonds is 2. The van der Waals surface area contributed by atoms with Crippen LogP contribution >= 0.6 is 0 Å². The van der Waals surface area contributed by atoms with Gasteiger partial charge in [0.05, 0.1) is 0 Å². The van der Waals surface area contributed by atoms with Crippen LogP contribution in [0.25, 0.3) is 0 Å². The van der Waals surface area contributed by atoms with Crippen molar-refractivity contribution in [2.45, 2.75) is 24.6 Å². The van der Waals surface area contributed by atoms with Gasteiger partial charge in [0.1, 0.15) is 6.17 Å². The molecule has 0 aromatic heterocycles. The summed E-state index contributed by atoms with van der Waals surface area (Å²) < 4.78 is 12.8. The summed E-state index contributed by atoms with van der Waals surface area (Å²) in [6, 6.07) is 10.1. The van der Waals surface area contributed by atoms with Gasteiger partial charge < -0.3 is 5.32 Å². The molecular formula is C11H14FN. The van der Waals surface area contributed by atoms with Crippen LogP contribution in [-0.2, 0) is 5.54 Å². The number of halogens is 1. The third kappa shape index (κ3) is 1.35. The van der Waals surface area contributed by atoms with Gasteiger partial charge in [-0.05, 0) is 12.6 Å². The molecule has 0 bridgehead atoms. The molecule has 1 aliphatic carbocycles. The molecule has 1 saturated carbocycles. The van der Waals surface area contributed by atoms with Gasteiger partial charge >= 0.3 is 0 Å². The predicted molar refractivity (Wildman–Crippen MR) is 51.3 cm³/mol. The zero-order valence-electron chi connectivity index (χ0n) is 7.76. The number of alkyl halides is 1. The number of nitrogens with one attached hydrogen (secondary N) is 1. The molecule has 1 aliphatic rings. The van der Waals surface area contributed by atoms with Crippen molar-refractivity contribution in [3.63, 3.8) is 0 Å². The number of hydrogen-bond donors (Lipinski definition) is 1. The fraction of sp³-hybridized carbons (Fsp3) is 0.455. The van der Waals surface area contributed by atoms with E-state index in [2.05, 4.69) is 17.4 Å². The van der Waals surface area contributed by atoms with Crippen molar-refractivity contribution >= 4 is 0 Å². The fourth-order valence-electron chi connectivity index (χ4n) is 2.04. The van der Waals surface area contributed by atoms with Crippen molar-refractivity contribution in [3.8, 4) is 0 Å². The molecule has 0 atom stereocenters. The topological polar surface area (TPSA) is 12.0 Å². The monoisotopic (exact) mass is 179 g/mol. The van der Waals surface area contributed by atoms with E-state index in [9.17, 15) is 4.39 Å². The minimum absolute atomic E-state index is 0.0966. The minimum Gasteiger partial charge on any atom is -0.310 e. The maximum Gasteiger partial charge on any atom is 0.104 e. The van der Waals surface area contributed by atoms with E-state index in [4.69, 9.17) is 0 Å². The number of benzene rings is 1. The zero-order valence-corrected chi connectivity index (χ0v) is 7.76. The van der Waals surface area contributed by atoms with E-state index in [0.717, 1.165) is 0 Å². The molecular weight excluding hydrogens is 165 g/mol. The highest BCUT2D eigenvalue weighted by atomic mass is 19.1. The fourth-order valence-corrected chi connectivity index (χ4v) is 2.04. The van der Waals surface area contributed by atoms with Crippen LogP contribution < -0.4 is 5.32 Å². The summed E-state index contributed by atoms with van der Waals surface area (Å²) in [5.74, 6) is 0. The van der Waals surface area contributed by atoms with Crippen LogP contribution in [0.1, 0.15) is 18.4 Å². The molecule has 2 heteroatoms. The summed E-state index contributed by atoms with van der Waals surface area (Å²) in [6.45, 7) is 0. The van der Waals surface area contributed by atoms with Crippen LogP contribution in [0.3, 0.4) is 0 Å². The van der Waals surface area contributed by atoms with Gasteiger partial charge in [0.15, 0.2) is 0 Å². The van der Waals surface area contributed by atoms with Crippen LogP contribution in [0.2, 0.25) is 0 Å². The highest BCUT2D eigenvalue weighted by Gasteiger charge is 2.44. The van der Waals surface area contributed by atoms with Crippen molar-refractivity contribution in [2.24, 2.45) is 0 Å². The molecule has 1 fully saturated rings. The lowest BCUT2D eigenvalue weighted by Crippen LogP contribution is -2.52. The lowest BCUT2D eigenvalue weighted by atomic mass is 9.70. The molecule has 0 aliphatic heterocycles. The summed E-state index contributed by atoms with van der Waals surface area (Å²) >= 11 is 0. The summed E-state index contributed by atoms with van der Waals surface area (Å²) in [6.07, 6.45) is 0.578. The Morgan fingerprint density at radius 3 is 2.38 bits per heavy atom. The first-order chi connectivity index (χ1) is 6.27. The minimum atomic E-state index is -0.632. The molecule has 2 rings (SSSR count). The van der Waals surface area contributed by atoms with Crippen LogP contribution in [0, 0.1) is 0 Å². The molecule has 0 unspecified atom stereocenters. The van der Waals surface area contributed by atoms with E-state index < -0.39 is 6.17 Å². The SMILES string of the molecule is CNC1(c2ccccc2)CC(F)C1. The predicted octanol–water partition coefficient (Wildman–Crippen LogP) is 2.23. The smallest absolute Gasteiger partial charge is 0.104 e. The largest absolute Gasteiger partial charge is 0.310 e. The summed E-state index contributed by atoms with van der Waals surface area (Å²) in [5.41, 5.74) is 1.10. The Kier molecular flexibility index (Phi) is 2.08. The van der Waals surface area contributed by atoms with Crippen molar-refractivity contribution in [2.75, 3.05) is 7.05 Å². The molecule has 0 amide bonds. The second kappa shape index (κ2) is 3.11. The second-order valence-electron chi connectivity index (χ2n) is 3.70. The van der Waals surface area contributed by atoms with Gasteiger partial charge in [0, 0.05) is 18.4 Å². The van der Waals surface area contributed by atoms with Crippen LogP contribution in [0.15, 0.2) is 30.3 Å². The Bertz CT molecular complexity index is 277. The first-order valence-electron chi connectivity index (χ1n) is 4.65. The Morgan fingerprint density at radius 2 is 1.92 bits per heavy atom. The molecule has 0 saturated heterocycles. The molecule has 1 aromatic carbocycles. The van der Waals surface area contributed by atoms with Gasteiger partial charge in [0.25, 0.3) is 0 Å². The molecule has 1 aromatic rings. The van der Waals surface area contributed by atoms with E-state index in [1.165, 1.54) is 5.56 Å². The van der Waals surface area contributed by atoms with Gasteiger partial charge in [-0.1, -0.05) is 30.3 Å². The van der Waals surface area contributed by atoms with Crippen molar-refractivity contribution < 1.29 is 4.39 Å². The van der Waals surface area contributed by atoms with Gasteiger partial charge in [-0.3, -0.25) is 0 Å². The lowest BCUT2D eigenvalue weighted by molar-refractivity contribution is 0.0718. The normalized spacial score (nSPS) is 32.6. The van der Waals surface area contributed by atoms with Gasteiger partial charge in [-0.2, -0.15) is 0 Å².